The monoisotopic (exact) mass is 278 g/mol. The van der Waals surface area contributed by atoms with Gasteiger partial charge in [-0.25, -0.2) is 0 Å². The highest BCUT2D eigenvalue weighted by Crippen LogP contribution is 2.42. The summed E-state index contributed by atoms with van der Waals surface area (Å²) in [5.41, 5.74) is 0.377. The molecular weight excluding hydrogens is 252 g/mol. The topological polar surface area (TPSA) is 38.7 Å². The Morgan fingerprint density at radius 3 is 2.40 bits per heavy atom. The van der Waals surface area contributed by atoms with Crippen molar-refractivity contribution in [3.63, 3.8) is 0 Å². The van der Waals surface area contributed by atoms with E-state index in [-0.39, 0.29) is 0 Å². The van der Waals surface area contributed by atoms with Crippen LogP contribution in [0, 0.1) is 0 Å². The summed E-state index contributed by atoms with van der Waals surface area (Å²) in [6, 6.07) is 7.75. The van der Waals surface area contributed by atoms with Crippen LogP contribution in [0.2, 0.25) is 0 Å². The summed E-state index contributed by atoms with van der Waals surface area (Å²) >= 11 is 0. The van der Waals surface area contributed by atoms with E-state index < -0.39 is 11.7 Å². The van der Waals surface area contributed by atoms with Gasteiger partial charge in [-0.1, -0.05) is 43.9 Å². The van der Waals surface area contributed by atoms with E-state index in [1.165, 1.54) is 12.8 Å². The minimum Gasteiger partial charge on any atom is -0.493 e. The molecule has 0 heterocycles. The Hall–Kier alpha value is -1.06. The number of hydrogen-bond donors (Lipinski definition) is 1. The molecule has 1 unspecified atom stereocenters. The van der Waals surface area contributed by atoms with Crippen LogP contribution in [0.4, 0.5) is 0 Å². The highest BCUT2D eigenvalue weighted by atomic mass is 16.5. The van der Waals surface area contributed by atoms with Crippen LogP contribution < -0.4 is 4.74 Å². The Morgan fingerprint density at radius 2 is 1.80 bits per heavy atom. The largest absolute Gasteiger partial charge is 0.493 e. The van der Waals surface area contributed by atoms with Gasteiger partial charge in [0.2, 0.25) is 0 Å². The lowest BCUT2D eigenvalue weighted by atomic mass is 9.84. The summed E-state index contributed by atoms with van der Waals surface area (Å²) in [5.74, 6) is 0.767. The molecule has 1 atom stereocenters. The number of aliphatic hydroxyl groups is 1. The molecule has 0 spiro atoms. The van der Waals surface area contributed by atoms with Gasteiger partial charge in [-0.15, -0.1) is 0 Å². The summed E-state index contributed by atoms with van der Waals surface area (Å²) in [4.78, 5) is 0. The lowest BCUT2D eigenvalue weighted by Gasteiger charge is -2.37. The Morgan fingerprint density at radius 1 is 1.15 bits per heavy atom. The molecule has 20 heavy (non-hydrogen) atoms. The third-order valence-corrected chi connectivity index (χ3v) is 4.37. The fourth-order valence-corrected chi connectivity index (χ4v) is 3.19. The third kappa shape index (κ3) is 3.15. The van der Waals surface area contributed by atoms with Crippen LogP contribution in [0.1, 0.15) is 57.1 Å². The first kappa shape index (κ1) is 15.3. The molecule has 0 amide bonds. The van der Waals surface area contributed by atoms with Crippen LogP contribution >= 0.6 is 0 Å². The maximum atomic E-state index is 10.9. The average molecular weight is 278 g/mol. The molecule has 2 rings (SSSR count). The maximum absolute atomic E-state index is 10.9. The van der Waals surface area contributed by atoms with E-state index in [0.29, 0.717) is 6.61 Å². The number of hydrogen-bond acceptors (Lipinski definition) is 3. The van der Waals surface area contributed by atoms with Gasteiger partial charge in [0.15, 0.2) is 0 Å². The van der Waals surface area contributed by atoms with E-state index in [9.17, 15) is 5.11 Å². The van der Waals surface area contributed by atoms with Crippen LogP contribution in [-0.4, -0.2) is 24.4 Å². The molecular formula is C17H26O3. The van der Waals surface area contributed by atoms with Crippen molar-refractivity contribution in [3.8, 4) is 5.75 Å². The van der Waals surface area contributed by atoms with E-state index in [2.05, 4.69) is 0 Å². The van der Waals surface area contributed by atoms with Crippen molar-refractivity contribution in [2.75, 3.05) is 13.7 Å². The standard InChI is InChI=1S/C17H26O3/c1-3-20-15-11-7-6-10-14(15)16(18)17(19-2)12-8-4-5-9-13-17/h6-7,10-11,16,18H,3-5,8-9,12-13H2,1-2H3. The van der Waals surface area contributed by atoms with Gasteiger partial charge < -0.3 is 14.6 Å². The normalized spacial score (nSPS) is 20.1. The molecule has 1 aromatic carbocycles. The van der Waals surface area contributed by atoms with Crippen LogP contribution in [-0.2, 0) is 4.74 Å². The molecule has 3 nitrogen and oxygen atoms in total. The van der Waals surface area contributed by atoms with E-state index in [0.717, 1.165) is 37.0 Å². The molecule has 0 bridgehead atoms. The fraction of sp³-hybridized carbons (Fsp3) is 0.647. The third-order valence-electron chi connectivity index (χ3n) is 4.37. The second-order valence-corrected chi connectivity index (χ2v) is 5.56. The minimum absolute atomic E-state index is 0.469. The summed E-state index contributed by atoms with van der Waals surface area (Å²) in [7, 11) is 1.72. The molecule has 112 valence electrons. The van der Waals surface area contributed by atoms with Gasteiger partial charge in [0.05, 0.1) is 12.2 Å². The average Bonchev–Trinajstić information content (AvgIpc) is 2.74. The van der Waals surface area contributed by atoms with E-state index >= 15 is 0 Å². The molecule has 0 aromatic heterocycles. The molecule has 0 radical (unpaired) electrons. The number of ether oxygens (including phenoxy) is 2. The molecule has 1 aliphatic rings. The predicted molar refractivity (Wildman–Crippen MR) is 80.0 cm³/mol. The quantitative estimate of drug-likeness (QED) is 0.831. The Labute approximate surface area is 121 Å². The molecule has 1 N–H and O–H groups in total. The minimum atomic E-state index is -0.631. The van der Waals surface area contributed by atoms with Gasteiger partial charge in [0.25, 0.3) is 0 Å². The molecule has 0 aliphatic heterocycles. The highest BCUT2D eigenvalue weighted by Gasteiger charge is 2.40. The second-order valence-electron chi connectivity index (χ2n) is 5.56. The zero-order chi connectivity index (χ0) is 14.4. The Bertz CT molecular complexity index is 408. The summed E-state index contributed by atoms with van der Waals surface area (Å²) < 4.78 is 11.5. The Balaban J connectivity index is 2.29. The zero-order valence-electron chi connectivity index (χ0n) is 12.6. The smallest absolute Gasteiger partial charge is 0.125 e. The van der Waals surface area contributed by atoms with Crippen LogP contribution in [0.25, 0.3) is 0 Å². The number of benzene rings is 1. The summed E-state index contributed by atoms with van der Waals surface area (Å²) in [5, 5.41) is 10.9. The second kappa shape index (κ2) is 7.09. The van der Waals surface area contributed by atoms with Gasteiger partial charge in [0, 0.05) is 12.7 Å². The molecule has 1 aliphatic carbocycles. The molecule has 3 heteroatoms. The Kier molecular flexibility index (Phi) is 5.44. The van der Waals surface area contributed by atoms with Crippen molar-refractivity contribution in [3.05, 3.63) is 29.8 Å². The van der Waals surface area contributed by atoms with E-state index in [1.807, 2.05) is 31.2 Å². The van der Waals surface area contributed by atoms with Crippen LogP contribution in [0.3, 0.4) is 0 Å². The first-order valence-electron chi connectivity index (χ1n) is 7.68. The lowest BCUT2D eigenvalue weighted by Crippen LogP contribution is -2.38. The maximum Gasteiger partial charge on any atom is 0.125 e. The zero-order valence-corrected chi connectivity index (χ0v) is 12.6. The van der Waals surface area contributed by atoms with Crippen molar-refractivity contribution in [1.29, 1.82) is 0 Å². The lowest BCUT2D eigenvalue weighted by molar-refractivity contribution is -0.114. The van der Waals surface area contributed by atoms with Crippen LogP contribution in [0.5, 0.6) is 5.75 Å². The van der Waals surface area contributed by atoms with Gasteiger partial charge in [-0.3, -0.25) is 0 Å². The van der Waals surface area contributed by atoms with Gasteiger partial charge >= 0.3 is 0 Å². The van der Waals surface area contributed by atoms with Crippen molar-refractivity contribution >= 4 is 0 Å². The van der Waals surface area contributed by atoms with Gasteiger partial charge in [-0.2, -0.15) is 0 Å². The summed E-state index contributed by atoms with van der Waals surface area (Å²) in [6.07, 6.45) is 5.86. The number of rotatable bonds is 5. The van der Waals surface area contributed by atoms with Crippen molar-refractivity contribution in [2.24, 2.45) is 0 Å². The number of para-hydroxylation sites is 1. The molecule has 1 aromatic rings. The van der Waals surface area contributed by atoms with Crippen molar-refractivity contribution in [1.82, 2.24) is 0 Å². The number of methoxy groups -OCH3 is 1. The van der Waals surface area contributed by atoms with Gasteiger partial charge in [0.1, 0.15) is 11.9 Å². The molecule has 1 fully saturated rings. The first-order valence-corrected chi connectivity index (χ1v) is 7.68. The predicted octanol–water partition coefficient (Wildman–Crippen LogP) is 3.86. The first-order chi connectivity index (χ1) is 9.73. The number of aliphatic hydroxyl groups excluding tert-OH is 1. The SMILES string of the molecule is CCOc1ccccc1C(O)C1(OC)CCCCCC1. The van der Waals surface area contributed by atoms with Crippen molar-refractivity contribution in [2.45, 2.75) is 57.2 Å². The fourth-order valence-electron chi connectivity index (χ4n) is 3.19. The van der Waals surface area contributed by atoms with Crippen LogP contribution in [0.15, 0.2) is 24.3 Å². The van der Waals surface area contributed by atoms with Gasteiger partial charge in [-0.05, 0) is 25.8 Å². The summed E-state index contributed by atoms with van der Waals surface area (Å²) in [6.45, 7) is 2.56. The molecule has 0 saturated heterocycles. The molecule has 1 saturated carbocycles. The van der Waals surface area contributed by atoms with E-state index in [4.69, 9.17) is 9.47 Å². The van der Waals surface area contributed by atoms with E-state index in [1.54, 1.807) is 7.11 Å². The van der Waals surface area contributed by atoms with Crippen molar-refractivity contribution < 1.29 is 14.6 Å². The highest BCUT2D eigenvalue weighted by molar-refractivity contribution is 5.36.